The van der Waals surface area contributed by atoms with Gasteiger partial charge in [-0.25, -0.2) is 0 Å². The first-order valence-corrected chi connectivity index (χ1v) is 7.69. The number of carbonyl (C=O) groups excluding carboxylic acids is 1. The van der Waals surface area contributed by atoms with Crippen LogP contribution in [0.4, 0.5) is 0 Å². The van der Waals surface area contributed by atoms with Crippen molar-refractivity contribution in [2.75, 3.05) is 26.2 Å². The first kappa shape index (κ1) is 15.9. The largest absolute Gasteiger partial charge is 0.392 e. The highest BCUT2D eigenvalue weighted by molar-refractivity contribution is 7.80. The highest BCUT2D eigenvalue weighted by Gasteiger charge is 2.28. The summed E-state index contributed by atoms with van der Waals surface area (Å²) in [6.45, 7) is 6.79. The topological polar surface area (TPSA) is 75.6 Å². The SMILES string of the molecule is CCCC(C(N)=S)N1CCN(C(=O)c2cc(C)no2)CC1. The van der Waals surface area contributed by atoms with Gasteiger partial charge in [-0.3, -0.25) is 9.69 Å². The number of nitrogens with zero attached hydrogens (tertiary/aromatic N) is 3. The van der Waals surface area contributed by atoms with Crippen LogP contribution in [-0.2, 0) is 0 Å². The Balaban J connectivity index is 1.93. The molecule has 1 unspecified atom stereocenters. The van der Waals surface area contributed by atoms with Gasteiger partial charge in [0.25, 0.3) is 5.91 Å². The summed E-state index contributed by atoms with van der Waals surface area (Å²) in [6.07, 6.45) is 2.00. The average Bonchev–Trinajstić information content (AvgIpc) is 2.90. The zero-order valence-corrected chi connectivity index (χ0v) is 13.4. The fourth-order valence-corrected chi connectivity index (χ4v) is 2.90. The van der Waals surface area contributed by atoms with Crippen molar-refractivity contribution in [3.63, 3.8) is 0 Å². The quantitative estimate of drug-likeness (QED) is 0.824. The van der Waals surface area contributed by atoms with Crippen LogP contribution in [0.15, 0.2) is 10.6 Å². The van der Waals surface area contributed by atoms with Crippen LogP contribution in [0, 0.1) is 6.92 Å². The first-order chi connectivity index (χ1) is 10.0. The van der Waals surface area contributed by atoms with Crippen molar-refractivity contribution in [2.45, 2.75) is 32.7 Å². The molecule has 0 bridgehead atoms. The smallest absolute Gasteiger partial charge is 0.292 e. The molecule has 2 rings (SSSR count). The van der Waals surface area contributed by atoms with Gasteiger partial charge in [0.2, 0.25) is 5.76 Å². The summed E-state index contributed by atoms with van der Waals surface area (Å²) in [5, 5.41) is 3.76. The van der Waals surface area contributed by atoms with Crippen molar-refractivity contribution >= 4 is 23.1 Å². The molecule has 1 saturated heterocycles. The number of rotatable bonds is 5. The van der Waals surface area contributed by atoms with Gasteiger partial charge in [0.1, 0.15) is 0 Å². The Morgan fingerprint density at radius 1 is 1.48 bits per heavy atom. The van der Waals surface area contributed by atoms with Crippen molar-refractivity contribution in [1.82, 2.24) is 15.0 Å². The lowest BCUT2D eigenvalue weighted by Crippen LogP contribution is -2.54. The van der Waals surface area contributed by atoms with E-state index >= 15 is 0 Å². The molecule has 0 aromatic carbocycles. The Morgan fingerprint density at radius 2 is 2.14 bits per heavy atom. The van der Waals surface area contributed by atoms with Gasteiger partial charge >= 0.3 is 0 Å². The average molecular weight is 310 g/mol. The fraction of sp³-hybridized carbons (Fsp3) is 0.643. The van der Waals surface area contributed by atoms with Gasteiger partial charge in [0, 0.05) is 32.2 Å². The second kappa shape index (κ2) is 7.00. The van der Waals surface area contributed by atoms with Crippen molar-refractivity contribution in [3.8, 4) is 0 Å². The van der Waals surface area contributed by atoms with E-state index in [1.807, 2.05) is 0 Å². The van der Waals surface area contributed by atoms with Crippen LogP contribution in [0.1, 0.15) is 36.0 Å². The fourth-order valence-electron chi connectivity index (χ4n) is 2.64. The summed E-state index contributed by atoms with van der Waals surface area (Å²) in [4.78, 5) is 16.9. The first-order valence-electron chi connectivity index (χ1n) is 7.29. The van der Waals surface area contributed by atoms with Gasteiger partial charge in [-0.1, -0.05) is 30.7 Å². The predicted molar refractivity (Wildman–Crippen MR) is 84.2 cm³/mol. The van der Waals surface area contributed by atoms with Gasteiger partial charge in [0.05, 0.1) is 16.7 Å². The van der Waals surface area contributed by atoms with Gasteiger partial charge in [0.15, 0.2) is 0 Å². The van der Waals surface area contributed by atoms with E-state index in [-0.39, 0.29) is 11.9 Å². The minimum Gasteiger partial charge on any atom is -0.392 e. The van der Waals surface area contributed by atoms with Gasteiger partial charge in [-0.05, 0) is 13.3 Å². The number of nitrogens with two attached hydrogens (primary N) is 1. The molecule has 0 radical (unpaired) electrons. The van der Waals surface area contributed by atoms with Crippen molar-refractivity contribution in [1.29, 1.82) is 0 Å². The van der Waals surface area contributed by atoms with Gasteiger partial charge in [-0.15, -0.1) is 0 Å². The molecule has 2 N–H and O–H groups in total. The van der Waals surface area contributed by atoms with E-state index in [0.717, 1.165) is 25.9 Å². The molecular weight excluding hydrogens is 288 g/mol. The number of aryl methyl sites for hydroxylation is 1. The Morgan fingerprint density at radius 3 is 2.62 bits per heavy atom. The standard InChI is InChI=1S/C14H22N4O2S/c1-3-4-11(13(15)21)17-5-7-18(8-6-17)14(19)12-9-10(2)16-20-12/h9,11H,3-8H2,1-2H3,(H2,15,21). The van der Waals surface area contributed by atoms with Crippen LogP contribution in [0.2, 0.25) is 0 Å². The second-order valence-electron chi connectivity index (χ2n) is 5.37. The molecule has 6 nitrogen and oxygen atoms in total. The van der Waals surface area contributed by atoms with E-state index in [9.17, 15) is 4.79 Å². The minimum atomic E-state index is -0.0994. The Kier molecular flexibility index (Phi) is 5.30. The summed E-state index contributed by atoms with van der Waals surface area (Å²) in [6, 6.07) is 1.80. The zero-order valence-electron chi connectivity index (χ0n) is 12.5. The summed E-state index contributed by atoms with van der Waals surface area (Å²) >= 11 is 5.16. The molecule has 7 heteroatoms. The van der Waals surface area contributed by atoms with E-state index in [4.69, 9.17) is 22.5 Å². The number of carbonyl (C=O) groups is 1. The molecule has 1 atom stereocenters. The van der Waals surface area contributed by atoms with Crippen LogP contribution in [0.3, 0.4) is 0 Å². The number of aromatic nitrogens is 1. The van der Waals surface area contributed by atoms with Crippen LogP contribution in [-0.4, -0.2) is 58.1 Å². The lowest BCUT2D eigenvalue weighted by Gasteiger charge is -2.38. The Bertz CT molecular complexity index is 509. The summed E-state index contributed by atoms with van der Waals surface area (Å²) in [5.74, 6) is 0.207. The number of thiocarbonyl (C=S) groups is 1. The molecular formula is C14H22N4O2S. The third-order valence-electron chi connectivity index (χ3n) is 3.77. The molecule has 1 fully saturated rings. The van der Waals surface area contributed by atoms with Gasteiger partial charge < -0.3 is 15.2 Å². The normalized spacial score (nSPS) is 17.7. The highest BCUT2D eigenvalue weighted by Crippen LogP contribution is 2.14. The molecule has 116 valence electrons. The molecule has 1 aromatic rings. The van der Waals surface area contributed by atoms with Gasteiger partial charge in [-0.2, -0.15) is 0 Å². The number of amides is 1. The maximum absolute atomic E-state index is 12.3. The van der Waals surface area contributed by atoms with E-state index in [2.05, 4.69) is 17.0 Å². The van der Waals surface area contributed by atoms with Crippen LogP contribution in [0.5, 0.6) is 0 Å². The van der Waals surface area contributed by atoms with Crippen LogP contribution < -0.4 is 5.73 Å². The molecule has 1 aliphatic heterocycles. The van der Waals surface area contributed by atoms with Crippen LogP contribution in [0.25, 0.3) is 0 Å². The van der Waals surface area contributed by atoms with E-state index in [0.29, 0.717) is 29.5 Å². The zero-order chi connectivity index (χ0) is 15.4. The number of hydrogen-bond acceptors (Lipinski definition) is 5. The maximum atomic E-state index is 12.3. The molecule has 1 amide bonds. The summed E-state index contributed by atoms with van der Waals surface area (Å²) in [7, 11) is 0. The van der Waals surface area contributed by atoms with Crippen LogP contribution >= 0.6 is 12.2 Å². The molecule has 1 aliphatic rings. The van der Waals surface area contributed by atoms with E-state index in [1.165, 1.54) is 0 Å². The van der Waals surface area contributed by atoms with Crippen molar-refractivity contribution in [3.05, 3.63) is 17.5 Å². The lowest BCUT2D eigenvalue weighted by atomic mass is 10.1. The third kappa shape index (κ3) is 3.79. The molecule has 2 heterocycles. The summed E-state index contributed by atoms with van der Waals surface area (Å²) < 4.78 is 5.03. The molecule has 0 spiro atoms. The van der Waals surface area contributed by atoms with E-state index in [1.54, 1.807) is 17.9 Å². The predicted octanol–water partition coefficient (Wildman–Crippen LogP) is 1.20. The van der Waals surface area contributed by atoms with Crippen molar-refractivity contribution < 1.29 is 9.32 Å². The van der Waals surface area contributed by atoms with Crippen molar-refractivity contribution in [2.24, 2.45) is 5.73 Å². The Labute approximate surface area is 130 Å². The molecule has 21 heavy (non-hydrogen) atoms. The molecule has 0 saturated carbocycles. The maximum Gasteiger partial charge on any atom is 0.292 e. The monoisotopic (exact) mass is 310 g/mol. The number of hydrogen-bond donors (Lipinski definition) is 1. The third-order valence-corrected chi connectivity index (χ3v) is 4.04. The molecule has 1 aromatic heterocycles. The second-order valence-corrected chi connectivity index (χ2v) is 5.84. The number of piperazine rings is 1. The van der Waals surface area contributed by atoms with E-state index < -0.39 is 0 Å². The minimum absolute atomic E-state index is 0.0994. The lowest BCUT2D eigenvalue weighted by molar-refractivity contribution is 0.0570. The highest BCUT2D eigenvalue weighted by atomic mass is 32.1. The summed E-state index contributed by atoms with van der Waals surface area (Å²) in [5.41, 5.74) is 6.54. The molecule has 0 aliphatic carbocycles. The Hall–Kier alpha value is -1.47.